The number of carbonyl (C=O) groups is 1. The Morgan fingerprint density at radius 2 is 1.70 bits per heavy atom. The Kier molecular flexibility index (Phi) is 6.86. The van der Waals surface area contributed by atoms with E-state index < -0.39 is 21.3 Å². The van der Waals surface area contributed by atoms with Crippen LogP contribution < -0.4 is 4.72 Å². The van der Waals surface area contributed by atoms with Crippen LogP contribution in [0.15, 0.2) is 64.6 Å². The zero-order chi connectivity index (χ0) is 18.8. The number of amides is 1. The zero-order valence-electron chi connectivity index (χ0n) is 14.5. The Balaban J connectivity index is 0.00000261. The summed E-state index contributed by atoms with van der Waals surface area (Å²) < 4.78 is 26.6. The van der Waals surface area contributed by atoms with Crippen LogP contribution in [-0.2, 0) is 25.1 Å². The molecule has 1 aliphatic heterocycles. The average Bonchev–Trinajstić information content (AvgIpc) is 3.04. The molecule has 27 heavy (non-hydrogen) atoms. The summed E-state index contributed by atoms with van der Waals surface area (Å²) in [6.07, 6.45) is 1.60. The van der Waals surface area contributed by atoms with Crippen LogP contribution in [-0.4, -0.2) is 56.2 Å². The molecule has 2 unspecified atom stereocenters. The summed E-state index contributed by atoms with van der Waals surface area (Å²) in [5, 5.41) is 3.99. The first kappa shape index (κ1) is 21.6. The molecule has 138 valence electrons. The summed E-state index contributed by atoms with van der Waals surface area (Å²) >= 11 is 0. The van der Waals surface area contributed by atoms with Gasteiger partial charge in [0.15, 0.2) is 0 Å². The van der Waals surface area contributed by atoms with E-state index >= 15 is 0 Å². The fourth-order valence-corrected chi connectivity index (χ4v) is 4.14. The van der Waals surface area contributed by atoms with E-state index in [1.54, 1.807) is 25.3 Å². The van der Waals surface area contributed by atoms with E-state index in [0.717, 1.165) is 11.1 Å². The first-order valence-electron chi connectivity index (χ1n) is 8.32. The summed E-state index contributed by atoms with van der Waals surface area (Å²) in [7, 11) is -3.87. The van der Waals surface area contributed by atoms with Gasteiger partial charge in [-0.1, -0.05) is 54.5 Å². The second kappa shape index (κ2) is 8.56. The second-order valence-corrected chi connectivity index (χ2v) is 7.81. The molecule has 1 amide bonds. The molecular weight excluding hydrogens is 375 g/mol. The number of hydrogen-bond acceptors (Lipinski definition) is 5. The Morgan fingerprint density at radius 3 is 2.22 bits per heavy atom. The van der Waals surface area contributed by atoms with Gasteiger partial charge in [-0.3, -0.25) is 4.79 Å². The second-order valence-electron chi connectivity index (χ2n) is 6.12. The van der Waals surface area contributed by atoms with Crippen molar-refractivity contribution in [1.82, 2.24) is 4.72 Å². The topological polar surface area (TPSA) is 84.8 Å². The third-order valence-electron chi connectivity index (χ3n) is 4.58. The number of nitrogens with one attached hydrogen (secondary N) is 1. The molecule has 1 heterocycles. The first-order valence-corrected chi connectivity index (χ1v) is 9.80. The van der Waals surface area contributed by atoms with Crippen LogP contribution in [0.5, 0.6) is 0 Å². The monoisotopic (exact) mass is 396 g/mol. The van der Waals surface area contributed by atoms with Crippen LogP contribution in [0.2, 0.25) is 0 Å². The van der Waals surface area contributed by atoms with Gasteiger partial charge in [0.1, 0.15) is 6.10 Å². The third kappa shape index (κ3) is 4.11. The summed E-state index contributed by atoms with van der Waals surface area (Å²) in [5.74, 6) is -0.542. The molecule has 1 aliphatic rings. The molecule has 1 N–H and O–H groups in total. The molecule has 0 aromatic heterocycles. The van der Waals surface area contributed by atoms with Crippen LogP contribution in [0, 0.1) is 0 Å². The number of benzene rings is 2. The molecule has 0 bridgehead atoms. The minimum atomic E-state index is -3.87. The van der Waals surface area contributed by atoms with Crippen molar-refractivity contribution in [2.24, 2.45) is 5.16 Å². The molecular formula is C19H21N2NaO4S. The number of oxime groups is 1. The number of hydrogen-bond donors (Lipinski definition) is 1. The van der Waals surface area contributed by atoms with Gasteiger partial charge < -0.3 is 4.84 Å². The number of carbonyl (C=O) groups excluding carboxylic acids is 1. The molecule has 3 rings (SSSR count). The van der Waals surface area contributed by atoms with E-state index in [-0.39, 0.29) is 47.0 Å². The van der Waals surface area contributed by atoms with Crippen LogP contribution >= 0.6 is 0 Å². The van der Waals surface area contributed by atoms with Gasteiger partial charge in [-0.15, -0.1) is 0 Å². The summed E-state index contributed by atoms with van der Waals surface area (Å²) in [5.41, 5.74) is 1.26. The van der Waals surface area contributed by atoms with Crippen molar-refractivity contribution in [1.29, 1.82) is 0 Å². The van der Waals surface area contributed by atoms with Gasteiger partial charge in [0.25, 0.3) is 10.0 Å². The normalized spacial score (nSPS) is 21.2. The van der Waals surface area contributed by atoms with Gasteiger partial charge in [-0.25, -0.2) is 13.1 Å². The Labute approximate surface area is 181 Å². The molecule has 8 heteroatoms. The van der Waals surface area contributed by atoms with E-state index in [1.165, 1.54) is 12.1 Å². The summed E-state index contributed by atoms with van der Waals surface area (Å²) in [6.45, 7) is 3.52. The molecule has 2 aromatic carbocycles. The van der Waals surface area contributed by atoms with Crippen molar-refractivity contribution in [2.75, 3.05) is 0 Å². The fourth-order valence-electron chi connectivity index (χ4n) is 3.08. The Morgan fingerprint density at radius 1 is 1.11 bits per heavy atom. The van der Waals surface area contributed by atoms with Crippen molar-refractivity contribution in [3.63, 3.8) is 0 Å². The maximum absolute atomic E-state index is 12.3. The molecule has 0 saturated heterocycles. The molecule has 6 nitrogen and oxygen atoms in total. The number of nitrogens with zero attached hydrogens (tertiary/aromatic N) is 1. The van der Waals surface area contributed by atoms with Crippen molar-refractivity contribution in [3.8, 4) is 0 Å². The van der Waals surface area contributed by atoms with Crippen LogP contribution in [0.3, 0.4) is 0 Å². The third-order valence-corrected chi connectivity index (χ3v) is 5.97. The van der Waals surface area contributed by atoms with Gasteiger partial charge in [0, 0.05) is 6.42 Å². The van der Waals surface area contributed by atoms with Gasteiger partial charge >= 0.3 is 29.6 Å². The fraction of sp³-hybridized carbons (Fsp3) is 0.263. The summed E-state index contributed by atoms with van der Waals surface area (Å²) in [6, 6.07) is 16.2. The van der Waals surface area contributed by atoms with Crippen molar-refractivity contribution < 1.29 is 18.0 Å². The van der Waals surface area contributed by atoms with Gasteiger partial charge in [0.2, 0.25) is 5.91 Å². The van der Waals surface area contributed by atoms with Gasteiger partial charge in [-0.2, -0.15) is 0 Å². The van der Waals surface area contributed by atoms with Crippen molar-refractivity contribution in [2.45, 2.75) is 36.7 Å². The van der Waals surface area contributed by atoms with Gasteiger partial charge in [0.05, 0.1) is 16.5 Å². The maximum atomic E-state index is 12.3. The predicted molar refractivity (Wildman–Crippen MR) is 105 cm³/mol. The SMILES string of the molecule is CCC(=O)NS(=O)(=O)c1ccc(C2(c3ccccc3)C=NOC2C)cc1.[NaH]. The van der Waals surface area contributed by atoms with Gasteiger partial charge in [-0.05, 0) is 30.2 Å². The van der Waals surface area contributed by atoms with Crippen LogP contribution in [0.25, 0.3) is 0 Å². The molecule has 0 fully saturated rings. The molecule has 2 atom stereocenters. The molecule has 0 saturated carbocycles. The van der Waals surface area contributed by atoms with E-state index in [1.807, 2.05) is 42.0 Å². The zero-order valence-corrected chi connectivity index (χ0v) is 15.4. The number of rotatable bonds is 5. The quantitative estimate of drug-likeness (QED) is 0.783. The molecule has 0 aliphatic carbocycles. The molecule has 0 radical (unpaired) electrons. The summed E-state index contributed by atoms with van der Waals surface area (Å²) in [4.78, 5) is 16.9. The Bertz CT molecular complexity index is 930. The van der Waals surface area contributed by atoms with Crippen LogP contribution in [0.1, 0.15) is 31.4 Å². The van der Waals surface area contributed by atoms with E-state index in [2.05, 4.69) is 5.16 Å². The van der Waals surface area contributed by atoms with E-state index in [4.69, 9.17) is 4.84 Å². The van der Waals surface area contributed by atoms with Crippen LogP contribution in [0.4, 0.5) is 0 Å². The van der Waals surface area contributed by atoms with Crippen molar-refractivity contribution in [3.05, 3.63) is 65.7 Å². The Hall–Kier alpha value is -1.67. The van der Waals surface area contributed by atoms with E-state index in [0.29, 0.717) is 0 Å². The molecule has 0 spiro atoms. The first-order chi connectivity index (χ1) is 12.4. The van der Waals surface area contributed by atoms with Crippen molar-refractivity contribution >= 4 is 51.7 Å². The average molecular weight is 396 g/mol. The minimum absolute atomic E-state index is 0. The predicted octanol–water partition coefficient (Wildman–Crippen LogP) is 1.94. The number of sulfonamides is 1. The molecule has 2 aromatic rings. The standard InChI is InChI=1S/C19H20N2O4S.Na.H/c1-3-18(22)21-26(23,24)17-11-9-16(10-12-17)19(13-20-25-14(19)2)15-7-5-4-6-8-15;;/h4-14H,3H2,1-2H3,(H,21,22);;. The van der Waals surface area contributed by atoms with E-state index in [9.17, 15) is 13.2 Å².